The van der Waals surface area contributed by atoms with Gasteiger partial charge >= 0.3 is 5.91 Å². The Labute approximate surface area is 145 Å². The third-order valence-electron chi connectivity index (χ3n) is 4.99. The predicted octanol–water partition coefficient (Wildman–Crippen LogP) is 1.87. The van der Waals surface area contributed by atoms with Crippen LogP contribution >= 0.6 is 0 Å². The minimum Gasteiger partial charge on any atom is -0.311 e. The number of benzene rings is 2. The number of carbonyl (C=O) groups excluding carboxylic acids is 2. The van der Waals surface area contributed by atoms with Crippen LogP contribution in [-0.2, 0) is 11.3 Å². The van der Waals surface area contributed by atoms with Crippen LogP contribution < -0.4 is 9.80 Å². The van der Waals surface area contributed by atoms with Crippen molar-refractivity contribution < 1.29 is 18.9 Å². The van der Waals surface area contributed by atoms with Gasteiger partial charge in [-0.1, -0.05) is 23.8 Å². The van der Waals surface area contributed by atoms with Gasteiger partial charge in [-0.05, 0) is 31.2 Å². The summed E-state index contributed by atoms with van der Waals surface area (Å²) in [4.78, 5) is 27.6. The van der Waals surface area contributed by atoms with Crippen molar-refractivity contribution in [1.29, 1.82) is 0 Å². The van der Waals surface area contributed by atoms with E-state index in [1.807, 2.05) is 19.1 Å². The summed E-state index contributed by atoms with van der Waals surface area (Å²) in [6, 6.07) is 12.5. The van der Waals surface area contributed by atoms with E-state index in [0.29, 0.717) is 30.5 Å². The molecule has 1 saturated carbocycles. The van der Waals surface area contributed by atoms with Crippen LogP contribution in [0.2, 0.25) is 0 Å². The number of fused-ring (bicyclic) bond motifs is 1. The molecule has 0 saturated heterocycles. The van der Waals surface area contributed by atoms with Crippen LogP contribution in [0.3, 0.4) is 0 Å². The Bertz CT molecular complexity index is 843. The third kappa shape index (κ3) is 3.07. The van der Waals surface area contributed by atoms with E-state index in [4.69, 9.17) is 0 Å². The van der Waals surface area contributed by atoms with Gasteiger partial charge in [0.15, 0.2) is 6.67 Å². The molecule has 1 N–H and O–H groups in total. The molecule has 2 aromatic carbocycles. The number of Topliss-reactive ketones (excluding diaryl/α,β-unsaturated/α-hetero) is 1. The molecule has 1 unspecified atom stereocenters. The normalized spacial score (nSPS) is 17.8. The van der Waals surface area contributed by atoms with Gasteiger partial charge in [-0.2, -0.15) is 0 Å². The Morgan fingerprint density at radius 1 is 1.12 bits per heavy atom. The monoisotopic (exact) mass is 339 g/mol. The van der Waals surface area contributed by atoms with E-state index in [9.17, 15) is 14.0 Å². The van der Waals surface area contributed by atoms with E-state index in [1.54, 1.807) is 23.1 Å². The third-order valence-corrected chi connectivity index (χ3v) is 4.99. The van der Waals surface area contributed by atoms with Crippen molar-refractivity contribution in [1.82, 2.24) is 0 Å². The number of nitrogens with one attached hydrogen (secondary N) is 1. The van der Waals surface area contributed by atoms with Gasteiger partial charge in [0.05, 0.1) is 17.3 Å². The Morgan fingerprint density at radius 2 is 1.84 bits per heavy atom. The highest BCUT2D eigenvalue weighted by Gasteiger charge is 2.41. The zero-order chi connectivity index (χ0) is 17.6. The summed E-state index contributed by atoms with van der Waals surface area (Å²) in [5.41, 5.74) is 3.21. The van der Waals surface area contributed by atoms with Crippen LogP contribution in [0.25, 0.3) is 0 Å². The van der Waals surface area contributed by atoms with Gasteiger partial charge in [0.25, 0.3) is 5.78 Å². The topological polar surface area (TPSA) is 41.8 Å². The zero-order valence-electron chi connectivity index (χ0n) is 14.1. The number of aryl methyl sites for hydroxylation is 1. The first-order chi connectivity index (χ1) is 12.0. The van der Waals surface area contributed by atoms with Gasteiger partial charge in [-0.15, -0.1) is 0 Å². The molecule has 1 atom stereocenters. The van der Waals surface area contributed by atoms with Crippen molar-refractivity contribution in [3.63, 3.8) is 0 Å². The van der Waals surface area contributed by atoms with E-state index in [2.05, 4.69) is 0 Å². The number of carbonyl (C=O) groups is 2. The second-order valence-electron chi connectivity index (χ2n) is 6.98. The van der Waals surface area contributed by atoms with Crippen LogP contribution in [-0.4, -0.2) is 24.4 Å². The van der Waals surface area contributed by atoms with E-state index >= 15 is 0 Å². The molecule has 2 aliphatic rings. The lowest BCUT2D eigenvalue weighted by Crippen LogP contribution is -3.13. The Morgan fingerprint density at radius 3 is 2.52 bits per heavy atom. The van der Waals surface area contributed by atoms with Gasteiger partial charge < -0.3 is 4.90 Å². The van der Waals surface area contributed by atoms with Crippen molar-refractivity contribution >= 4 is 17.4 Å². The smallest absolute Gasteiger partial charge is 0.303 e. The summed E-state index contributed by atoms with van der Waals surface area (Å²) in [6.45, 7) is 3.09. The van der Waals surface area contributed by atoms with E-state index in [0.717, 1.165) is 24.0 Å². The highest BCUT2D eigenvalue weighted by atomic mass is 19.1. The van der Waals surface area contributed by atoms with E-state index in [-0.39, 0.29) is 5.82 Å². The van der Waals surface area contributed by atoms with E-state index < -0.39 is 11.7 Å². The van der Waals surface area contributed by atoms with Crippen molar-refractivity contribution in [2.24, 2.45) is 0 Å². The molecule has 1 aliphatic heterocycles. The molecule has 1 heterocycles. The number of quaternary nitrogens is 1. The van der Waals surface area contributed by atoms with Crippen molar-refractivity contribution in [3.8, 4) is 0 Å². The zero-order valence-corrected chi connectivity index (χ0v) is 14.1. The summed E-state index contributed by atoms with van der Waals surface area (Å²) >= 11 is 0. The second kappa shape index (κ2) is 6.08. The Balaban J connectivity index is 1.58. The highest BCUT2D eigenvalue weighted by molar-refractivity contribution is 6.52. The molecule has 128 valence electrons. The number of halogens is 1. The first-order valence-corrected chi connectivity index (χ1v) is 8.59. The Kier molecular flexibility index (Phi) is 3.88. The molecular weight excluding hydrogens is 319 g/mol. The molecule has 4 nitrogen and oxygen atoms in total. The van der Waals surface area contributed by atoms with Crippen molar-refractivity contribution in [2.45, 2.75) is 32.4 Å². The molecular formula is C20H20FN2O2+. The number of ketones is 1. The van der Waals surface area contributed by atoms with Crippen LogP contribution in [0.1, 0.15) is 34.3 Å². The van der Waals surface area contributed by atoms with Crippen LogP contribution in [0.5, 0.6) is 0 Å². The van der Waals surface area contributed by atoms with Crippen molar-refractivity contribution in [3.05, 3.63) is 65.0 Å². The first-order valence-electron chi connectivity index (χ1n) is 8.59. The van der Waals surface area contributed by atoms with Gasteiger partial charge in [-0.25, -0.2) is 4.39 Å². The summed E-state index contributed by atoms with van der Waals surface area (Å²) in [5, 5.41) is 0. The SMILES string of the molecule is Cc1ccc2c(c1)C(=O)C(=O)N2C[NH+](Cc1ccc(F)cc1)C1CC1. The second-order valence-corrected chi connectivity index (χ2v) is 6.98. The number of rotatable bonds is 5. The minimum atomic E-state index is -0.446. The predicted molar refractivity (Wildman–Crippen MR) is 92.0 cm³/mol. The van der Waals surface area contributed by atoms with Crippen LogP contribution in [0.15, 0.2) is 42.5 Å². The summed E-state index contributed by atoms with van der Waals surface area (Å²) in [6.07, 6.45) is 2.24. The van der Waals surface area contributed by atoms with E-state index in [1.165, 1.54) is 17.0 Å². The molecule has 0 aromatic heterocycles. The standard InChI is InChI=1S/C20H19FN2O2/c1-13-2-9-18-17(10-13)19(24)20(25)23(18)12-22(16-7-8-16)11-14-3-5-15(21)6-4-14/h2-6,9-10,16H,7-8,11-12H2,1H3/p+1. The maximum atomic E-state index is 13.1. The lowest BCUT2D eigenvalue weighted by atomic mass is 10.1. The average molecular weight is 339 g/mol. The van der Waals surface area contributed by atoms with Crippen LogP contribution in [0, 0.1) is 12.7 Å². The van der Waals surface area contributed by atoms with Gasteiger partial charge in [0.2, 0.25) is 0 Å². The molecule has 0 bridgehead atoms. The van der Waals surface area contributed by atoms with Gasteiger partial charge in [0, 0.05) is 18.4 Å². The quantitative estimate of drug-likeness (QED) is 0.845. The highest BCUT2D eigenvalue weighted by Crippen LogP contribution is 2.29. The molecule has 1 aliphatic carbocycles. The molecule has 25 heavy (non-hydrogen) atoms. The van der Waals surface area contributed by atoms with Crippen molar-refractivity contribution in [2.75, 3.05) is 11.6 Å². The fraction of sp³-hybridized carbons (Fsp3) is 0.300. The maximum Gasteiger partial charge on any atom is 0.303 e. The van der Waals surface area contributed by atoms with Gasteiger partial charge in [0.1, 0.15) is 12.4 Å². The number of hydrogen-bond donors (Lipinski definition) is 1. The summed E-state index contributed by atoms with van der Waals surface area (Å²) < 4.78 is 13.1. The summed E-state index contributed by atoms with van der Waals surface area (Å²) in [5.74, 6) is -1.12. The van der Waals surface area contributed by atoms with Gasteiger partial charge in [-0.3, -0.25) is 14.5 Å². The molecule has 1 amide bonds. The maximum absolute atomic E-state index is 13.1. The number of amides is 1. The summed E-state index contributed by atoms with van der Waals surface area (Å²) in [7, 11) is 0. The number of hydrogen-bond acceptors (Lipinski definition) is 2. The number of anilines is 1. The lowest BCUT2D eigenvalue weighted by Gasteiger charge is -2.25. The molecule has 1 fully saturated rings. The van der Waals surface area contributed by atoms with Crippen LogP contribution in [0.4, 0.5) is 10.1 Å². The lowest BCUT2D eigenvalue weighted by molar-refractivity contribution is -0.923. The first kappa shape index (κ1) is 16.0. The molecule has 0 radical (unpaired) electrons. The largest absolute Gasteiger partial charge is 0.311 e. The molecule has 0 spiro atoms. The minimum absolute atomic E-state index is 0.249. The molecule has 5 heteroatoms. The number of nitrogens with zero attached hydrogens (tertiary/aromatic N) is 1. The fourth-order valence-electron chi connectivity index (χ4n) is 3.46. The Hall–Kier alpha value is -2.53. The molecule has 2 aromatic rings. The average Bonchev–Trinajstić information content (AvgIpc) is 3.41. The fourth-order valence-corrected chi connectivity index (χ4v) is 3.46. The molecule has 4 rings (SSSR count).